The van der Waals surface area contributed by atoms with E-state index in [0.29, 0.717) is 5.70 Å². The van der Waals surface area contributed by atoms with Crippen LogP contribution in [0.15, 0.2) is 40.2 Å². The summed E-state index contributed by atoms with van der Waals surface area (Å²) in [6.45, 7) is 2.29. The number of hydrogen-bond acceptors (Lipinski definition) is 2. The fraction of sp³-hybridized carbons (Fsp3) is 0.500. The van der Waals surface area contributed by atoms with E-state index in [9.17, 15) is 4.91 Å². The van der Waals surface area contributed by atoms with Crippen LogP contribution in [0.2, 0.25) is 0 Å². The van der Waals surface area contributed by atoms with Gasteiger partial charge in [0.15, 0.2) is 0 Å². The van der Waals surface area contributed by atoms with Gasteiger partial charge in [-0.1, -0.05) is 19.1 Å². The lowest BCUT2D eigenvalue weighted by Gasteiger charge is -2.23. The lowest BCUT2D eigenvalue weighted by atomic mass is 9.83. The highest BCUT2D eigenvalue weighted by Gasteiger charge is 2.18. The molecule has 1 atom stereocenters. The predicted molar refractivity (Wildman–Crippen MR) is 57.7 cm³/mol. The first kappa shape index (κ1) is 9.38. The first-order valence-corrected chi connectivity index (χ1v) is 5.23. The third kappa shape index (κ3) is 1.84. The van der Waals surface area contributed by atoms with Gasteiger partial charge in [0.25, 0.3) is 0 Å². The molecule has 2 rings (SSSR count). The molecule has 0 N–H and O–H groups in total. The smallest absolute Gasteiger partial charge is 0.104 e. The van der Waals surface area contributed by atoms with Crippen LogP contribution in [0.3, 0.4) is 0 Å². The number of allylic oxidation sites excluding steroid dienone is 5. The van der Waals surface area contributed by atoms with E-state index in [1.54, 1.807) is 0 Å². The van der Waals surface area contributed by atoms with E-state index in [1.165, 1.54) is 17.6 Å². The first-order chi connectivity index (χ1) is 6.79. The number of nitrogens with zero attached hydrogens (tertiary/aromatic N) is 1. The Morgan fingerprint density at radius 1 is 1.36 bits per heavy atom. The van der Waals surface area contributed by atoms with Crippen LogP contribution >= 0.6 is 0 Å². The Hall–Kier alpha value is -1.18. The molecule has 0 aromatic carbocycles. The quantitative estimate of drug-likeness (QED) is 0.578. The molecular weight excluding hydrogens is 174 g/mol. The second kappa shape index (κ2) is 3.91. The normalized spacial score (nSPS) is 26.6. The molecule has 1 unspecified atom stereocenters. The zero-order chi connectivity index (χ0) is 9.97. The van der Waals surface area contributed by atoms with E-state index < -0.39 is 0 Å². The van der Waals surface area contributed by atoms with Crippen LogP contribution in [0.5, 0.6) is 0 Å². The Bertz CT molecular complexity index is 336. The van der Waals surface area contributed by atoms with Gasteiger partial charge in [0.1, 0.15) is 5.70 Å². The van der Waals surface area contributed by atoms with Crippen molar-refractivity contribution in [1.82, 2.24) is 0 Å². The summed E-state index contributed by atoms with van der Waals surface area (Å²) in [5.74, 6) is 0.782. The maximum absolute atomic E-state index is 10.5. The topological polar surface area (TPSA) is 29.4 Å². The van der Waals surface area contributed by atoms with Gasteiger partial charge in [-0.05, 0) is 54.0 Å². The first-order valence-electron chi connectivity index (χ1n) is 5.23. The van der Waals surface area contributed by atoms with Crippen molar-refractivity contribution < 1.29 is 0 Å². The van der Waals surface area contributed by atoms with Crippen molar-refractivity contribution >= 4 is 0 Å². The SMILES string of the molecule is CC1CCC2=CC(N=O)=CCC=C2C1. The molecule has 0 aromatic rings. The lowest BCUT2D eigenvalue weighted by molar-refractivity contribution is 0.497. The molecule has 0 radical (unpaired) electrons. The molecular formula is C12H15NO. The standard InChI is InChI=1S/C12H15NO/c1-9-5-6-11-8-12(13-14)4-2-3-10(11)7-9/h3-4,8-9H,2,5-7H2,1H3. The zero-order valence-corrected chi connectivity index (χ0v) is 8.49. The molecule has 1 fully saturated rings. The average molecular weight is 189 g/mol. The Morgan fingerprint density at radius 3 is 3.00 bits per heavy atom. The molecule has 2 nitrogen and oxygen atoms in total. The molecule has 0 aliphatic heterocycles. The summed E-state index contributed by atoms with van der Waals surface area (Å²) in [6.07, 6.45) is 10.4. The number of rotatable bonds is 1. The minimum absolute atomic E-state index is 0.598. The lowest BCUT2D eigenvalue weighted by Crippen LogP contribution is -2.07. The van der Waals surface area contributed by atoms with Gasteiger partial charge in [-0.15, -0.1) is 4.91 Å². The van der Waals surface area contributed by atoms with Crippen molar-refractivity contribution in [2.24, 2.45) is 11.1 Å². The Balaban J connectivity index is 2.26. The van der Waals surface area contributed by atoms with E-state index >= 15 is 0 Å². The van der Waals surface area contributed by atoms with Gasteiger partial charge >= 0.3 is 0 Å². The average Bonchev–Trinajstić information content (AvgIpc) is 2.38. The van der Waals surface area contributed by atoms with Crippen molar-refractivity contribution in [3.05, 3.63) is 40.0 Å². The van der Waals surface area contributed by atoms with Crippen molar-refractivity contribution in [1.29, 1.82) is 0 Å². The molecule has 2 aliphatic carbocycles. The van der Waals surface area contributed by atoms with E-state index in [4.69, 9.17) is 0 Å². The van der Waals surface area contributed by atoms with Gasteiger partial charge in [0.2, 0.25) is 0 Å². The van der Waals surface area contributed by atoms with Gasteiger partial charge in [0, 0.05) is 0 Å². The monoisotopic (exact) mass is 189 g/mol. The molecule has 0 bridgehead atoms. The predicted octanol–water partition coefficient (Wildman–Crippen LogP) is 3.71. The summed E-state index contributed by atoms with van der Waals surface area (Å²) in [5, 5.41) is 3.02. The van der Waals surface area contributed by atoms with E-state index in [1.807, 2.05) is 12.2 Å². The van der Waals surface area contributed by atoms with Crippen LogP contribution in [0.1, 0.15) is 32.6 Å². The maximum atomic E-state index is 10.5. The largest absolute Gasteiger partial charge is 0.145 e. The molecule has 0 heterocycles. The minimum Gasteiger partial charge on any atom is -0.145 e. The van der Waals surface area contributed by atoms with Crippen LogP contribution in [0, 0.1) is 10.8 Å². The van der Waals surface area contributed by atoms with Gasteiger partial charge in [-0.3, -0.25) is 0 Å². The highest BCUT2D eigenvalue weighted by Crippen LogP contribution is 2.35. The minimum atomic E-state index is 0.598. The van der Waals surface area contributed by atoms with Crippen molar-refractivity contribution in [2.45, 2.75) is 32.6 Å². The van der Waals surface area contributed by atoms with E-state index in [2.05, 4.69) is 18.2 Å². The van der Waals surface area contributed by atoms with Crippen LogP contribution in [-0.2, 0) is 0 Å². The highest BCUT2D eigenvalue weighted by atomic mass is 16.3. The van der Waals surface area contributed by atoms with E-state index in [-0.39, 0.29) is 0 Å². The Labute approximate surface area is 84.4 Å². The summed E-state index contributed by atoms with van der Waals surface area (Å²) < 4.78 is 0. The maximum Gasteiger partial charge on any atom is 0.104 e. The molecule has 14 heavy (non-hydrogen) atoms. The number of hydrogen-bond donors (Lipinski definition) is 0. The van der Waals surface area contributed by atoms with Crippen LogP contribution in [0.4, 0.5) is 0 Å². The third-order valence-electron chi connectivity index (χ3n) is 3.01. The molecule has 0 amide bonds. The number of fused-ring (bicyclic) bond motifs is 1. The Kier molecular flexibility index (Phi) is 2.62. The molecule has 0 spiro atoms. The summed E-state index contributed by atoms with van der Waals surface area (Å²) >= 11 is 0. The van der Waals surface area contributed by atoms with Crippen molar-refractivity contribution in [3.63, 3.8) is 0 Å². The van der Waals surface area contributed by atoms with Crippen LogP contribution in [-0.4, -0.2) is 0 Å². The molecule has 0 saturated heterocycles. The fourth-order valence-electron chi connectivity index (χ4n) is 2.17. The van der Waals surface area contributed by atoms with Crippen molar-refractivity contribution in [3.8, 4) is 0 Å². The van der Waals surface area contributed by atoms with Gasteiger partial charge in [-0.2, -0.15) is 0 Å². The number of nitroso groups, excluding NO2 is 1. The molecule has 74 valence electrons. The molecule has 2 aliphatic rings. The van der Waals surface area contributed by atoms with Crippen molar-refractivity contribution in [2.75, 3.05) is 0 Å². The second-order valence-corrected chi connectivity index (χ2v) is 4.20. The molecule has 0 aromatic heterocycles. The molecule has 2 heteroatoms. The van der Waals surface area contributed by atoms with E-state index in [0.717, 1.165) is 25.2 Å². The second-order valence-electron chi connectivity index (χ2n) is 4.20. The Morgan fingerprint density at radius 2 is 2.21 bits per heavy atom. The molecule has 1 saturated carbocycles. The summed E-state index contributed by atoms with van der Waals surface area (Å²) in [4.78, 5) is 10.5. The summed E-state index contributed by atoms with van der Waals surface area (Å²) in [6, 6.07) is 0. The third-order valence-corrected chi connectivity index (χ3v) is 3.01. The van der Waals surface area contributed by atoms with Gasteiger partial charge in [0.05, 0.1) is 0 Å². The van der Waals surface area contributed by atoms with Gasteiger partial charge < -0.3 is 0 Å². The van der Waals surface area contributed by atoms with Crippen LogP contribution in [0.25, 0.3) is 0 Å². The summed E-state index contributed by atoms with van der Waals surface area (Å²) in [5.41, 5.74) is 3.35. The summed E-state index contributed by atoms with van der Waals surface area (Å²) in [7, 11) is 0. The zero-order valence-electron chi connectivity index (χ0n) is 8.49. The van der Waals surface area contributed by atoms with Gasteiger partial charge in [-0.25, -0.2) is 0 Å². The van der Waals surface area contributed by atoms with Crippen LogP contribution < -0.4 is 0 Å². The highest BCUT2D eigenvalue weighted by molar-refractivity contribution is 5.41. The fourth-order valence-corrected chi connectivity index (χ4v) is 2.17.